The molecule has 4 unspecified atom stereocenters. The molecule has 5 amide bonds. The molecule has 0 aromatic heterocycles. The number of amides is 5. The number of ether oxygens (including phenoxy) is 5. The fraction of sp³-hybridized carbons (Fsp3) is 0.614. The minimum absolute atomic E-state index is 0.00554. The third-order valence-electron chi connectivity index (χ3n) is 12.1. The van der Waals surface area contributed by atoms with Gasteiger partial charge in [0.05, 0.1) is 25.3 Å². The number of benzene rings is 1. The van der Waals surface area contributed by atoms with Crippen molar-refractivity contribution in [2.45, 2.75) is 133 Å². The van der Waals surface area contributed by atoms with Gasteiger partial charge in [0.15, 0.2) is 5.72 Å². The van der Waals surface area contributed by atoms with Crippen LogP contribution in [0.15, 0.2) is 35.9 Å². The first-order valence-corrected chi connectivity index (χ1v) is 24.1. The zero-order chi connectivity index (χ0) is 48.0. The SMILES string of the molecule is COc1cc2cc(c1Cl)N(C)C(=O)C[C@H](OC(=O)[C@@H](C)N(C)C(=O)CCSSC(C)CCC(=O)ON1C(=O)CCC1=O)C1(C)OC1[C@H](C)C1C[C@@](O)(NC(=O)O1)[C@H](OC)/C=C/C=C(\C)C2. The monoisotopic (exact) mass is 966 g/mol. The molecule has 0 saturated carbocycles. The lowest BCUT2D eigenvalue weighted by Crippen LogP contribution is -2.63. The number of methoxy groups -OCH3 is 2. The number of anilines is 1. The summed E-state index contributed by atoms with van der Waals surface area (Å²) >= 11 is 6.79. The van der Waals surface area contributed by atoms with Crippen LogP contribution in [0.3, 0.4) is 0 Å². The molecule has 3 saturated heterocycles. The van der Waals surface area contributed by atoms with Gasteiger partial charge in [-0.15, -0.1) is 5.06 Å². The second-order valence-corrected chi connectivity index (χ2v) is 20.3. The van der Waals surface area contributed by atoms with E-state index in [4.69, 9.17) is 40.1 Å². The van der Waals surface area contributed by atoms with Crippen LogP contribution in [-0.2, 0) is 59.0 Å². The number of nitrogens with zero attached hydrogens (tertiary/aromatic N) is 3. The Morgan fingerprint density at radius 1 is 1.09 bits per heavy atom. The van der Waals surface area contributed by atoms with Crippen LogP contribution in [0, 0.1) is 5.92 Å². The summed E-state index contributed by atoms with van der Waals surface area (Å²) in [7, 11) is 8.79. The van der Waals surface area contributed by atoms with Crippen LogP contribution in [0.5, 0.6) is 5.75 Å². The maximum absolute atomic E-state index is 14.3. The predicted octanol–water partition coefficient (Wildman–Crippen LogP) is 5.06. The summed E-state index contributed by atoms with van der Waals surface area (Å²) in [4.78, 5) is 97.7. The summed E-state index contributed by atoms with van der Waals surface area (Å²) in [5.41, 5.74) is -1.10. The topological polar surface area (TPSA) is 220 Å². The molecule has 65 heavy (non-hydrogen) atoms. The van der Waals surface area contributed by atoms with Crippen molar-refractivity contribution in [3.63, 3.8) is 0 Å². The number of nitrogens with one attached hydrogen (secondary N) is 1. The summed E-state index contributed by atoms with van der Waals surface area (Å²) in [5.74, 6) is -3.22. The first kappa shape index (κ1) is 51.6. The fourth-order valence-electron chi connectivity index (χ4n) is 7.86. The molecule has 1 aromatic carbocycles. The summed E-state index contributed by atoms with van der Waals surface area (Å²) in [6.45, 7) is 8.79. The number of imide groups is 1. The summed E-state index contributed by atoms with van der Waals surface area (Å²) in [5, 5.41) is 15.0. The van der Waals surface area contributed by atoms with E-state index >= 15 is 0 Å². The van der Waals surface area contributed by atoms with Gasteiger partial charge in [-0.2, -0.15) is 0 Å². The maximum Gasteiger partial charge on any atom is 0.409 e. The number of carbonyl (C=O) groups excluding carboxylic acids is 7. The number of allylic oxidation sites excluding steroid dienone is 3. The summed E-state index contributed by atoms with van der Waals surface area (Å²) < 4.78 is 29.3. The van der Waals surface area contributed by atoms with Crippen molar-refractivity contribution in [3.05, 3.63) is 46.5 Å². The number of epoxide rings is 1. The highest BCUT2D eigenvalue weighted by molar-refractivity contribution is 8.76. The van der Waals surface area contributed by atoms with Crippen LogP contribution < -0.4 is 15.0 Å². The van der Waals surface area contributed by atoms with E-state index in [-0.39, 0.29) is 54.7 Å². The average molecular weight is 968 g/mol. The standard InChI is InChI=1S/C44H59ClN4O14S2/c1-24-11-10-12-32(59-9)44(57)23-31(60-42(56)46-44)26(3)40-43(5,62-40)33(22-37(53)48(7)29-20-28(19-24)21-30(58-8)39(29)45)61-41(55)27(4)47(6)34(50)17-18-64-65-25(2)13-16-38(54)63-49-35(51)14-15-36(49)52/h10-12,20-21,25-27,31-33,40,57H,13-19,22-23H2,1-9H3,(H,46,56)/b12-10+,24-11+/t25?,26-,27-,31?,32-,33+,40?,43?,44+/m1/s1. The molecule has 4 bridgehead atoms. The van der Waals surface area contributed by atoms with Crippen molar-refractivity contribution >= 4 is 80.5 Å². The number of hydroxylamine groups is 2. The van der Waals surface area contributed by atoms with E-state index in [0.29, 0.717) is 35.1 Å². The molecular weight excluding hydrogens is 908 g/mol. The van der Waals surface area contributed by atoms with E-state index in [1.165, 1.54) is 59.6 Å². The van der Waals surface area contributed by atoms with Crippen molar-refractivity contribution in [3.8, 4) is 5.75 Å². The number of esters is 1. The molecule has 5 rings (SSSR count). The molecule has 358 valence electrons. The Kier molecular flexibility index (Phi) is 17.5. The van der Waals surface area contributed by atoms with Crippen molar-refractivity contribution in [1.82, 2.24) is 15.3 Å². The van der Waals surface area contributed by atoms with Crippen LogP contribution in [0.25, 0.3) is 0 Å². The normalized spacial score (nSPS) is 29.3. The van der Waals surface area contributed by atoms with Crippen molar-refractivity contribution in [2.75, 3.05) is 39.0 Å². The minimum Gasteiger partial charge on any atom is -0.495 e. The van der Waals surface area contributed by atoms with E-state index < -0.39 is 83.5 Å². The third-order valence-corrected chi connectivity index (χ3v) is 15.5. The van der Waals surface area contributed by atoms with E-state index in [1.807, 2.05) is 19.9 Å². The van der Waals surface area contributed by atoms with Gasteiger partial charge in [0.1, 0.15) is 40.7 Å². The fourth-order valence-corrected chi connectivity index (χ4v) is 10.5. The van der Waals surface area contributed by atoms with Gasteiger partial charge in [0.25, 0.3) is 11.8 Å². The van der Waals surface area contributed by atoms with Crippen molar-refractivity contribution in [1.29, 1.82) is 0 Å². The highest BCUT2D eigenvalue weighted by Crippen LogP contribution is 2.49. The summed E-state index contributed by atoms with van der Waals surface area (Å²) in [6, 6.07) is 2.47. The second kappa shape index (κ2) is 22.0. The van der Waals surface area contributed by atoms with Gasteiger partial charge >= 0.3 is 18.0 Å². The maximum atomic E-state index is 14.3. The number of likely N-dealkylation sites (N-methyl/N-ethyl adjacent to an activating group) is 1. The number of rotatable bonds is 14. The largest absolute Gasteiger partial charge is 0.495 e. The molecule has 2 N–H and O–H groups in total. The Morgan fingerprint density at radius 3 is 2.45 bits per heavy atom. The van der Waals surface area contributed by atoms with Crippen LogP contribution in [-0.4, -0.2) is 138 Å². The molecule has 0 spiro atoms. The number of halogens is 1. The van der Waals surface area contributed by atoms with Crippen LogP contribution in [0.1, 0.15) is 85.1 Å². The molecule has 0 radical (unpaired) electrons. The molecule has 4 heterocycles. The Labute approximate surface area is 391 Å². The number of hydrogen-bond donors (Lipinski definition) is 2. The van der Waals surface area contributed by atoms with Gasteiger partial charge in [-0.1, -0.05) is 70.8 Å². The van der Waals surface area contributed by atoms with Gasteiger partial charge in [0.2, 0.25) is 11.8 Å². The summed E-state index contributed by atoms with van der Waals surface area (Å²) in [6.07, 6.45) is 1.05. The Hall–Kier alpha value is -4.34. The molecule has 0 aliphatic carbocycles. The minimum atomic E-state index is -1.86. The first-order chi connectivity index (χ1) is 30.6. The molecular formula is C44H59ClN4O14S2. The van der Waals surface area contributed by atoms with Crippen LogP contribution in [0.4, 0.5) is 10.5 Å². The second-order valence-electron chi connectivity index (χ2n) is 17.0. The van der Waals surface area contributed by atoms with E-state index in [9.17, 15) is 38.7 Å². The van der Waals surface area contributed by atoms with E-state index in [0.717, 1.165) is 11.1 Å². The van der Waals surface area contributed by atoms with E-state index in [2.05, 4.69) is 5.32 Å². The number of carbonyl (C=O) groups is 7. The van der Waals surface area contributed by atoms with Gasteiger partial charge in [-0.05, 0) is 51.3 Å². The Balaban J connectivity index is 1.29. The predicted molar refractivity (Wildman–Crippen MR) is 241 cm³/mol. The highest BCUT2D eigenvalue weighted by Gasteiger charge is 2.64. The quantitative estimate of drug-likeness (QED) is 0.0818. The van der Waals surface area contributed by atoms with Crippen LogP contribution in [0.2, 0.25) is 5.02 Å². The van der Waals surface area contributed by atoms with Gasteiger partial charge < -0.3 is 43.4 Å². The number of hydrogen-bond acceptors (Lipinski definition) is 16. The number of alkyl carbamates (subject to hydrolysis) is 1. The first-order valence-electron chi connectivity index (χ1n) is 21.3. The van der Waals surface area contributed by atoms with Crippen molar-refractivity contribution < 1.29 is 67.2 Å². The van der Waals surface area contributed by atoms with Gasteiger partial charge in [-0.3, -0.25) is 24.5 Å². The highest BCUT2D eigenvalue weighted by atomic mass is 35.5. The zero-order valence-corrected chi connectivity index (χ0v) is 40.5. The molecule has 3 fully saturated rings. The third kappa shape index (κ3) is 12.6. The smallest absolute Gasteiger partial charge is 0.409 e. The molecule has 18 nitrogen and oxygen atoms in total. The lowest BCUT2D eigenvalue weighted by atomic mass is 9.83. The lowest BCUT2D eigenvalue weighted by Gasteiger charge is -2.42. The molecule has 21 heteroatoms. The zero-order valence-electron chi connectivity index (χ0n) is 38.1. The Morgan fingerprint density at radius 2 is 1.78 bits per heavy atom. The van der Waals surface area contributed by atoms with Gasteiger partial charge in [0, 0.05) is 70.2 Å². The van der Waals surface area contributed by atoms with E-state index in [1.54, 1.807) is 45.2 Å². The molecule has 4 aliphatic heterocycles. The number of fused-ring (bicyclic) bond motifs is 5. The molecule has 4 aliphatic rings. The van der Waals surface area contributed by atoms with Crippen LogP contribution >= 0.6 is 33.2 Å². The van der Waals surface area contributed by atoms with Crippen molar-refractivity contribution in [2.24, 2.45) is 5.92 Å². The lowest BCUT2D eigenvalue weighted by molar-refractivity contribution is -0.197. The average Bonchev–Trinajstić information content (AvgIpc) is 3.87. The molecule has 1 aromatic rings. The van der Waals surface area contributed by atoms with Gasteiger partial charge in [-0.25, -0.2) is 14.4 Å². The Bertz CT molecular complexity index is 2060. The molecule has 9 atom stereocenters. The number of aliphatic hydroxyl groups is 1.